The molecular formula is C20H30N2O3. The maximum Gasteiger partial charge on any atom is 0.260 e. The zero-order valence-electron chi connectivity index (χ0n) is 15.7. The first-order chi connectivity index (χ1) is 12.1. The van der Waals surface area contributed by atoms with Crippen LogP contribution in [0.15, 0.2) is 24.3 Å². The van der Waals surface area contributed by atoms with E-state index < -0.39 is 0 Å². The minimum Gasteiger partial charge on any atom is -0.484 e. The van der Waals surface area contributed by atoms with Crippen molar-refractivity contribution in [2.24, 2.45) is 0 Å². The van der Waals surface area contributed by atoms with Crippen LogP contribution in [-0.2, 0) is 9.53 Å². The number of rotatable bonds is 5. The van der Waals surface area contributed by atoms with Crippen LogP contribution in [0.1, 0.15) is 31.2 Å². The van der Waals surface area contributed by atoms with Crippen LogP contribution in [0.2, 0.25) is 0 Å². The second-order valence-electron chi connectivity index (χ2n) is 7.42. The monoisotopic (exact) mass is 346 g/mol. The Labute approximate surface area is 150 Å². The first kappa shape index (κ1) is 18.2. The lowest BCUT2D eigenvalue weighted by atomic mass is 9.85. The average molecular weight is 346 g/mol. The number of methoxy groups -OCH3 is 1. The molecule has 1 amide bonds. The lowest BCUT2D eigenvalue weighted by molar-refractivity contribution is -0.136. The third kappa shape index (κ3) is 3.82. The fourth-order valence-corrected chi connectivity index (χ4v) is 4.30. The fraction of sp³-hybridized carbons (Fsp3) is 0.650. The normalized spacial score (nSPS) is 23.2. The molecule has 0 N–H and O–H groups in total. The van der Waals surface area contributed by atoms with Gasteiger partial charge < -0.3 is 14.4 Å². The van der Waals surface area contributed by atoms with Crippen molar-refractivity contribution in [3.8, 4) is 5.75 Å². The van der Waals surface area contributed by atoms with E-state index in [9.17, 15) is 4.79 Å². The van der Waals surface area contributed by atoms with Gasteiger partial charge in [-0.05, 0) is 51.3 Å². The Kier molecular flexibility index (Phi) is 5.64. The summed E-state index contributed by atoms with van der Waals surface area (Å²) in [5, 5.41) is 0. The third-order valence-electron chi connectivity index (χ3n) is 6.09. The number of nitrogens with zero attached hydrogens (tertiary/aromatic N) is 2. The summed E-state index contributed by atoms with van der Waals surface area (Å²) in [5.74, 6) is 0.884. The summed E-state index contributed by atoms with van der Waals surface area (Å²) in [6.45, 7) is 4.56. The molecule has 2 aliphatic rings. The molecule has 0 bridgehead atoms. The second kappa shape index (κ2) is 7.75. The summed E-state index contributed by atoms with van der Waals surface area (Å²) in [6.07, 6.45) is 4.48. The molecule has 0 saturated carbocycles. The average Bonchev–Trinajstić information content (AvgIpc) is 2.91. The van der Waals surface area contributed by atoms with Crippen molar-refractivity contribution in [2.75, 3.05) is 40.5 Å². The summed E-state index contributed by atoms with van der Waals surface area (Å²) in [4.78, 5) is 17.0. The molecular weight excluding hydrogens is 316 g/mol. The first-order valence-electron chi connectivity index (χ1n) is 9.24. The Hall–Kier alpha value is -1.59. The minimum absolute atomic E-state index is 0.0900. The maximum atomic E-state index is 12.5. The number of likely N-dealkylation sites (N-methyl/N-ethyl adjacent to an activating group) is 1. The van der Waals surface area contributed by atoms with Gasteiger partial charge >= 0.3 is 0 Å². The Morgan fingerprint density at radius 1 is 1.24 bits per heavy atom. The molecule has 5 nitrogen and oxygen atoms in total. The van der Waals surface area contributed by atoms with E-state index in [1.54, 1.807) is 7.11 Å². The van der Waals surface area contributed by atoms with Gasteiger partial charge in [0.2, 0.25) is 0 Å². The number of para-hydroxylation sites is 1. The molecule has 1 spiro atoms. The molecule has 2 saturated heterocycles. The molecule has 0 aliphatic carbocycles. The SMILES string of the molecule is COCC1CCC2(CCN(C(=O)COc3ccccc3C)CC2)N1C. The van der Waals surface area contributed by atoms with E-state index >= 15 is 0 Å². The van der Waals surface area contributed by atoms with Crippen molar-refractivity contribution < 1.29 is 14.3 Å². The molecule has 3 rings (SSSR count). The van der Waals surface area contributed by atoms with Crippen molar-refractivity contribution in [1.82, 2.24) is 9.80 Å². The Balaban J connectivity index is 1.50. The molecule has 138 valence electrons. The Bertz CT molecular complexity index is 596. The van der Waals surface area contributed by atoms with Crippen molar-refractivity contribution in [3.63, 3.8) is 0 Å². The molecule has 1 aromatic carbocycles. The van der Waals surface area contributed by atoms with E-state index in [0.29, 0.717) is 6.04 Å². The predicted octanol–water partition coefficient (Wildman–Crippen LogP) is 2.48. The van der Waals surface area contributed by atoms with Gasteiger partial charge in [0, 0.05) is 31.8 Å². The van der Waals surface area contributed by atoms with E-state index in [1.165, 1.54) is 12.8 Å². The zero-order chi connectivity index (χ0) is 17.9. The minimum atomic E-state index is 0.0900. The highest BCUT2D eigenvalue weighted by atomic mass is 16.5. The van der Waals surface area contributed by atoms with Crippen LogP contribution in [0.5, 0.6) is 5.75 Å². The molecule has 0 radical (unpaired) electrons. The smallest absolute Gasteiger partial charge is 0.260 e. The molecule has 1 aromatic rings. The highest BCUT2D eigenvalue weighted by molar-refractivity contribution is 5.78. The van der Waals surface area contributed by atoms with Gasteiger partial charge in [0.05, 0.1) is 6.61 Å². The van der Waals surface area contributed by atoms with Gasteiger partial charge in [-0.1, -0.05) is 18.2 Å². The van der Waals surface area contributed by atoms with Crippen molar-refractivity contribution in [1.29, 1.82) is 0 Å². The van der Waals surface area contributed by atoms with Crippen LogP contribution in [0.3, 0.4) is 0 Å². The number of hydrogen-bond donors (Lipinski definition) is 0. The van der Waals surface area contributed by atoms with Crippen LogP contribution in [-0.4, -0.2) is 67.7 Å². The summed E-state index contributed by atoms with van der Waals surface area (Å²) in [6, 6.07) is 8.33. The van der Waals surface area contributed by atoms with Crippen molar-refractivity contribution in [3.05, 3.63) is 29.8 Å². The van der Waals surface area contributed by atoms with Gasteiger partial charge in [-0.2, -0.15) is 0 Å². The molecule has 2 aliphatic heterocycles. The summed E-state index contributed by atoms with van der Waals surface area (Å²) >= 11 is 0. The Morgan fingerprint density at radius 3 is 2.64 bits per heavy atom. The number of carbonyl (C=O) groups is 1. The number of aryl methyl sites for hydroxylation is 1. The van der Waals surface area contributed by atoms with Crippen LogP contribution in [0.25, 0.3) is 0 Å². The number of benzene rings is 1. The van der Waals surface area contributed by atoms with Crippen LogP contribution >= 0.6 is 0 Å². The van der Waals surface area contributed by atoms with E-state index in [1.807, 2.05) is 36.1 Å². The van der Waals surface area contributed by atoms with E-state index in [2.05, 4.69) is 11.9 Å². The number of piperidine rings is 1. The number of amides is 1. The van der Waals surface area contributed by atoms with Gasteiger partial charge in [0.15, 0.2) is 6.61 Å². The van der Waals surface area contributed by atoms with Gasteiger partial charge in [-0.25, -0.2) is 0 Å². The molecule has 1 atom stereocenters. The van der Waals surface area contributed by atoms with Crippen molar-refractivity contribution in [2.45, 2.75) is 44.2 Å². The zero-order valence-corrected chi connectivity index (χ0v) is 15.7. The van der Waals surface area contributed by atoms with Gasteiger partial charge in [-0.3, -0.25) is 9.69 Å². The summed E-state index contributed by atoms with van der Waals surface area (Å²) in [5.41, 5.74) is 1.31. The number of likely N-dealkylation sites (tertiary alicyclic amines) is 2. The quantitative estimate of drug-likeness (QED) is 0.821. The summed E-state index contributed by atoms with van der Waals surface area (Å²) < 4.78 is 11.1. The predicted molar refractivity (Wildman–Crippen MR) is 97.9 cm³/mol. The molecule has 25 heavy (non-hydrogen) atoms. The van der Waals surface area contributed by atoms with Gasteiger partial charge in [-0.15, -0.1) is 0 Å². The third-order valence-corrected chi connectivity index (χ3v) is 6.09. The summed E-state index contributed by atoms with van der Waals surface area (Å²) in [7, 11) is 3.99. The van der Waals surface area contributed by atoms with Gasteiger partial charge in [0.1, 0.15) is 5.75 Å². The molecule has 5 heteroatoms. The highest BCUT2D eigenvalue weighted by Crippen LogP contribution is 2.40. The molecule has 0 aromatic heterocycles. The van der Waals surface area contributed by atoms with Crippen molar-refractivity contribution >= 4 is 5.91 Å². The fourth-order valence-electron chi connectivity index (χ4n) is 4.30. The van der Waals surface area contributed by atoms with Crippen LogP contribution in [0.4, 0.5) is 0 Å². The first-order valence-corrected chi connectivity index (χ1v) is 9.24. The topological polar surface area (TPSA) is 42.0 Å². The van der Waals surface area contributed by atoms with Gasteiger partial charge in [0.25, 0.3) is 5.91 Å². The molecule has 2 heterocycles. The lowest BCUT2D eigenvalue weighted by Crippen LogP contribution is -2.54. The lowest BCUT2D eigenvalue weighted by Gasteiger charge is -2.45. The molecule has 1 unspecified atom stereocenters. The highest BCUT2D eigenvalue weighted by Gasteiger charge is 2.46. The number of carbonyl (C=O) groups excluding carboxylic acids is 1. The number of ether oxygens (including phenoxy) is 2. The standard InChI is InChI=1S/C20H30N2O3/c1-16-6-4-5-7-18(16)25-15-19(23)22-12-10-20(11-13-22)9-8-17(14-24-3)21(20)2/h4-7,17H,8-15H2,1-3H3. The van der Waals surface area contributed by atoms with Crippen LogP contribution < -0.4 is 4.74 Å². The largest absolute Gasteiger partial charge is 0.484 e. The number of hydrogen-bond acceptors (Lipinski definition) is 4. The second-order valence-corrected chi connectivity index (χ2v) is 7.42. The van der Waals surface area contributed by atoms with E-state index in [0.717, 1.165) is 43.9 Å². The van der Waals surface area contributed by atoms with E-state index in [4.69, 9.17) is 9.47 Å². The Morgan fingerprint density at radius 2 is 1.96 bits per heavy atom. The van der Waals surface area contributed by atoms with E-state index in [-0.39, 0.29) is 18.1 Å². The molecule has 2 fully saturated rings. The van der Waals surface area contributed by atoms with Crippen LogP contribution in [0, 0.1) is 6.92 Å². The maximum absolute atomic E-state index is 12.5.